The number of hydrogen-bond acceptors (Lipinski definition) is 2. The predicted molar refractivity (Wildman–Crippen MR) is 56.2 cm³/mol. The zero-order chi connectivity index (χ0) is 9.26. The molecule has 0 unspecified atom stereocenters. The minimum Gasteiger partial charge on any atom is -0.367 e. The summed E-state index contributed by atoms with van der Waals surface area (Å²) < 4.78 is 0.865. The van der Waals surface area contributed by atoms with Gasteiger partial charge in [-0.2, -0.15) is 0 Å². The van der Waals surface area contributed by atoms with E-state index in [1.165, 1.54) is 11.3 Å². The van der Waals surface area contributed by atoms with E-state index in [1.54, 1.807) is 18.5 Å². The Balaban J connectivity index is 2.39. The van der Waals surface area contributed by atoms with E-state index in [0.717, 1.165) is 9.35 Å². The van der Waals surface area contributed by atoms with Gasteiger partial charge in [-0.1, -0.05) is 0 Å². The number of aromatic nitrogens is 1. The number of rotatable bonds is 2. The molecule has 2 heterocycles. The number of nitrogens with one attached hydrogen (secondary N) is 1. The summed E-state index contributed by atoms with van der Waals surface area (Å²) in [4.78, 5) is 15.4. The summed E-state index contributed by atoms with van der Waals surface area (Å²) in [6.45, 7) is 0. The van der Waals surface area contributed by atoms with E-state index in [9.17, 15) is 4.79 Å². The molecule has 2 rings (SSSR count). The van der Waals surface area contributed by atoms with Crippen molar-refractivity contribution >= 4 is 33.0 Å². The van der Waals surface area contributed by atoms with Crippen molar-refractivity contribution in [3.05, 3.63) is 44.8 Å². The first-order valence-electron chi connectivity index (χ1n) is 3.69. The number of H-pyrrole nitrogens is 1. The normalized spacial score (nSPS) is 10.2. The van der Waals surface area contributed by atoms with Crippen molar-refractivity contribution in [1.82, 2.24) is 4.98 Å². The molecule has 0 aromatic carbocycles. The van der Waals surface area contributed by atoms with Crippen molar-refractivity contribution in [3.63, 3.8) is 0 Å². The minimum absolute atomic E-state index is 0.0584. The van der Waals surface area contributed by atoms with Crippen LogP contribution in [0.4, 0.5) is 0 Å². The lowest BCUT2D eigenvalue weighted by Gasteiger charge is -1.93. The van der Waals surface area contributed by atoms with Crippen LogP contribution in [0.5, 0.6) is 0 Å². The maximum absolute atomic E-state index is 11.7. The van der Waals surface area contributed by atoms with E-state index in [1.807, 2.05) is 11.4 Å². The lowest BCUT2D eigenvalue weighted by molar-refractivity contribution is 0.104. The van der Waals surface area contributed by atoms with Gasteiger partial charge in [0, 0.05) is 22.4 Å². The van der Waals surface area contributed by atoms with Gasteiger partial charge in [-0.25, -0.2) is 0 Å². The highest BCUT2D eigenvalue weighted by Crippen LogP contribution is 2.25. The van der Waals surface area contributed by atoms with Crippen LogP contribution in [-0.2, 0) is 0 Å². The maximum atomic E-state index is 11.7. The second kappa shape index (κ2) is 3.47. The fraction of sp³-hybridized carbons (Fsp3) is 0. The van der Waals surface area contributed by atoms with Crippen molar-refractivity contribution in [1.29, 1.82) is 0 Å². The van der Waals surface area contributed by atoms with Crippen molar-refractivity contribution in [2.45, 2.75) is 0 Å². The smallest absolute Gasteiger partial charge is 0.205 e. The Bertz CT molecular complexity index is 419. The van der Waals surface area contributed by atoms with Crippen LogP contribution in [0, 0.1) is 0 Å². The number of hydrogen-bond donors (Lipinski definition) is 1. The number of carbonyl (C=O) groups excluding carboxylic acids is 1. The molecule has 0 radical (unpaired) electrons. The fourth-order valence-electron chi connectivity index (χ4n) is 1.05. The van der Waals surface area contributed by atoms with Crippen molar-refractivity contribution in [2.24, 2.45) is 0 Å². The molecule has 0 aliphatic carbocycles. The third-order valence-corrected chi connectivity index (χ3v) is 3.52. The van der Waals surface area contributed by atoms with Crippen molar-refractivity contribution < 1.29 is 4.79 Å². The molecule has 0 saturated heterocycles. The molecule has 2 aromatic rings. The highest BCUT2D eigenvalue weighted by molar-refractivity contribution is 9.10. The Morgan fingerprint density at radius 3 is 2.85 bits per heavy atom. The van der Waals surface area contributed by atoms with Gasteiger partial charge in [-0.3, -0.25) is 4.79 Å². The van der Waals surface area contributed by atoms with Gasteiger partial charge in [-0.15, -0.1) is 11.3 Å². The second-order valence-electron chi connectivity index (χ2n) is 2.53. The van der Waals surface area contributed by atoms with Crippen LogP contribution in [0.2, 0.25) is 0 Å². The highest BCUT2D eigenvalue weighted by atomic mass is 79.9. The average Bonchev–Trinajstić information content (AvgIpc) is 2.72. The predicted octanol–water partition coefficient (Wildman–Crippen LogP) is 3.07. The average molecular weight is 256 g/mol. The molecular weight excluding hydrogens is 250 g/mol. The molecule has 0 fully saturated rings. The van der Waals surface area contributed by atoms with Gasteiger partial charge in [0.25, 0.3) is 0 Å². The van der Waals surface area contributed by atoms with Gasteiger partial charge in [0.15, 0.2) is 0 Å². The number of ketones is 1. The van der Waals surface area contributed by atoms with Crippen LogP contribution in [0.3, 0.4) is 0 Å². The van der Waals surface area contributed by atoms with E-state index < -0.39 is 0 Å². The van der Waals surface area contributed by atoms with E-state index in [4.69, 9.17) is 0 Å². The van der Waals surface area contributed by atoms with Crippen molar-refractivity contribution in [2.75, 3.05) is 0 Å². The molecule has 2 aromatic heterocycles. The van der Waals surface area contributed by atoms with Crippen LogP contribution >= 0.6 is 27.3 Å². The van der Waals surface area contributed by atoms with Crippen LogP contribution in [0.1, 0.15) is 15.2 Å². The maximum Gasteiger partial charge on any atom is 0.205 e. The largest absolute Gasteiger partial charge is 0.367 e. The molecule has 4 heteroatoms. The molecule has 0 atom stereocenters. The Morgan fingerprint density at radius 1 is 1.46 bits per heavy atom. The lowest BCUT2D eigenvalue weighted by atomic mass is 10.2. The zero-order valence-electron chi connectivity index (χ0n) is 6.58. The van der Waals surface area contributed by atoms with Crippen LogP contribution < -0.4 is 0 Å². The third kappa shape index (κ3) is 1.59. The Hall–Kier alpha value is -0.870. The van der Waals surface area contributed by atoms with Gasteiger partial charge in [0.1, 0.15) is 0 Å². The zero-order valence-corrected chi connectivity index (χ0v) is 8.98. The quantitative estimate of drug-likeness (QED) is 0.823. The molecule has 0 amide bonds. The van der Waals surface area contributed by atoms with Gasteiger partial charge in [0.2, 0.25) is 5.78 Å². The van der Waals surface area contributed by atoms with Crippen LogP contribution in [-0.4, -0.2) is 10.8 Å². The first-order valence-corrected chi connectivity index (χ1v) is 5.37. The molecule has 2 nitrogen and oxygen atoms in total. The Labute approximate surface area is 87.7 Å². The van der Waals surface area contributed by atoms with E-state index in [-0.39, 0.29) is 5.78 Å². The van der Waals surface area contributed by atoms with Crippen molar-refractivity contribution in [3.8, 4) is 0 Å². The summed E-state index contributed by atoms with van der Waals surface area (Å²) in [6.07, 6.45) is 3.45. The van der Waals surface area contributed by atoms with E-state index >= 15 is 0 Å². The molecule has 0 aliphatic heterocycles. The van der Waals surface area contributed by atoms with Crippen LogP contribution in [0.25, 0.3) is 0 Å². The molecule has 66 valence electrons. The fourth-order valence-corrected chi connectivity index (χ4v) is 2.57. The van der Waals surface area contributed by atoms with Gasteiger partial charge < -0.3 is 4.98 Å². The van der Waals surface area contributed by atoms with Gasteiger partial charge in [-0.05, 0) is 33.4 Å². The summed E-state index contributed by atoms with van der Waals surface area (Å²) in [5.74, 6) is 0.0584. The first kappa shape index (κ1) is 8.72. The number of halogens is 1. The second-order valence-corrected chi connectivity index (χ2v) is 4.30. The topological polar surface area (TPSA) is 32.9 Å². The lowest BCUT2D eigenvalue weighted by Crippen LogP contribution is -1.96. The number of thiophene rings is 1. The SMILES string of the molecule is O=C(c1cc[nH]c1)c1sccc1Br. The molecule has 0 spiro atoms. The molecule has 13 heavy (non-hydrogen) atoms. The van der Waals surface area contributed by atoms with E-state index in [2.05, 4.69) is 20.9 Å². The highest BCUT2D eigenvalue weighted by Gasteiger charge is 2.13. The Morgan fingerprint density at radius 2 is 2.31 bits per heavy atom. The third-order valence-electron chi connectivity index (χ3n) is 1.68. The summed E-state index contributed by atoms with van der Waals surface area (Å²) in [7, 11) is 0. The molecule has 0 bridgehead atoms. The number of aromatic amines is 1. The minimum atomic E-state index is 0.0584. The first-order chi connectivity index (χ1) is 6.29. The number of carbonyl (C=O) groups is 1. The van der Waals surface area contributed by atoms with Gasteiger partial charge >= 0.3 is 0 Å². The Kier molecular flexibility index (Phi) is 2.33. The molecule has 1 N–H and O–H groups in total. The summed E-state index contributed by atoms with van der Waals surface area (Å²) in [5, 5.41) is 1.89. The van der Waals surface area contributed by atoms with E-state index in [0.29, 0.717) is 5.56 Å². The molecule has 0 aliphatic rings. The van der Waals surface area contributed by atoms with Crippen LogP contribution in [0.15, 0.2) is 34.4 Å². The molecule has 0 saturated carbocycles. The molecular formula is C9H6BrNOS. The summed E-state index contributed by atoms with van der Waals surface area (Å²) >= 11 is 4.78. The summed E-state index contributed by atoms with van der Waals surface area (Å²) in [6, 6.07) is 3.65. The summed E-state index contributed by atoms with van der Waals surface area (Å²) in [5.41, 5.74) is 0.697. The standard InChI is InChI=1S/C9H6BrNOS/c10-7-2-4-13-9(7)8(12)6-1-3-11-5-6/h1-5,11H. The monoisotopic (exact) mass is 255 g/mol. The van der Waals surface area contributed by atoms with Gasteiger partial charge in [0.05, 0.1) is 4.88 Å².